The van der Waals surface area contributed by atoms with Crippen LogP contribution in [0.25, 0.3) is 10.2 Å². The molecule has 8 heteroatoms. The molecule has 0 unspecified atom stereocenters. The first kappa shape index (κ1) is 20.4. The SMILES string of the molecule is CCn1nc(C(=O)N(CCN(C)C)c2nc3ccccc3s2)cc1C.Cl. The number of aromatic nitrogens is 3. The van der Waals surface area contributed by atoms with Gasteiger partial charge in [0.15, 0.2) is 10.8 Å². The Morgan fingerprint density at radius 3 is 2.58 bits per heavy atom. The number of carbonyl (C=O) groups excluding carboxylic acids is 1. The quantitative estimate of drug-likeness (QED) is 0.643. The number of hydrogen-bond donors (Lipinski definition) is 0. The van der Waals surface area contributed by atoms with E-state index in [4.69, 9.17) is 0 Å². The van der Waals surface area contributed by atoms with Crippen LogP contribution in [0.4, 0.5) is 5.13 Å². The van der Waals surface area contributed by atoms with Gasteiger partial charge in [-0.25, -0.2) is 4.98 Å². The van der Waals surface area contributed by atoms with Crippen LogP contribution in [0.1, 0.15) is 23.1 Å². The molecule has 0 fully saturated rings. The first-order valence-electron chi connectivity index (χ1n) is 8.36. The standard InChI is InChI=1S/C18H23N5OS.ClH/c1-5-23-13(2)12-15(20-23)17(24)22(11-10-21(3)4)18-19-14-8-6-7-9-16(14)25-18;/h6-9,12H,5,10-11H2,1-4H3;1H. The minimum Gasteiger partial charge on any atom is -0.308 e. The van der Waals surface area contributed by atoms with Crippen LogP contribution in [0, 0.1) is 6.92 Å². The van der Waals surface area contributed by atoms with Crippen molar-refractivity contribution in [3.8, 4) is 0 Å². The van der Waals surface area contributed by atoms with Crippen LogP contribution in [0.15, 0.2) is 30.3 Å². The van der Waals surface area contributed by atoms with Gasteiger partial charge in [0, 0.05) is 25.3 Å². The van der Waals surface area contributed by atoms with Crippen molar-refractivity contribution in [1.82, 2.24) is 19.7 Å². The monoisotopic (exact) mass is 393 g/mol. The molecule has 0 radical (unpaired) electrons. The molecule has 3 aromatic rings. The average molecular weight is 394 g/mol. The van der Waals surface area contributed by atoms with E-state index in [9.17, 15) is 4.79 Å². The van der Waals surface area contributed by atoms with Crippen molar-refractivity contribution in [2.75, 3.05) is 32.1 Å². The van der Waals surface area contributed by atoms with E-state index in [1.165, 1.54) is 11.3 Å². The van der Waals surface area contributed by atoms with Gasteiger partial charge in [0.25, 0.3) is 5.91 Å². The number of para-hydroxylation sites is 1. The summed E-state index contributed by atoms with van der Waals surface area (Å²) >= 11 is 1.54. The van der Waals surface area contributed by atoms with Crippen molar-refractivity contribution in [3.05, 3.63) is 41.7 Å². The summed E-state index contributed by atoms with van der Waals surface area (Å²) in [5, 5.41) is 5.16. The number of likely N-dealkylation sites (N-methyl/N-ethyl adjacent to an activating group) is 1. The number of aryl methyl sites for hydroxylation is 2. The number of amides is 1. The summed E-state index contributed by atoms with van der Waals surface area (Å²) < 4.78 is 2.92. The molecule has 2 aromatic heterocycles. The highest BCUT2D eigenvalue weighted by Crippen LogP contribution is 2.29. The second-order valence-corrected chi connectivity index (χ2v) is 7.22. The average Bonchev–Trinajstić information content (AvgIpc) is 3.17. The number of fused-ring (bicyclic) bond motifs is 1. The first-order valence-corrected chi connectivity index (χ1v) is 9.18. The lowest BCUT2D eigenvalue weighted by Gasteiger charge is -2.21. The normalized spacial score (nSPS) is 11.0. The lowest BCUT2D eigenvalue weighted by Crippen LogP contribution is -2.37. The zero-order valence-electron chi connectivity index (χ0n) is 15.5. The van der Waals surface area contributed by atoms with Crippen molar-refractivity contribution in [3.63, 3.8) is 0 Å². The zero-order chi connectivity index (χ0) is 18.0. The Hall–Kier alpha value is -1.96. The highest BCUT2D eigenvalue weighted by atomic mass is 35.5. The summed E-state index contributed by atoms with van der Waals surface area (Å²) in [6.07, 6.45) is 0. The third-order valence-corrected chi connectivity index (χ3v) is 5.09. The molecule has 6 nitrogen and oxygen atoms in total. The van der Waals surface area contributed by atoms with Crippen LogP contribution < -0.4 is 4.90 Å². The van der Waals surface area contributed by atoms with Gasteiger partial charge in [-0.15, -0.1) is 12.4 Å². The number of nitrogens with zero attached hydrogens (tertiary/aromatic N) is 5. The van der Waals surface area contributed by atoms with Gasteiger partial charge < -0.3 is 4.90 Å². The molecule has 0 saturated carbocycles. The molecule has 0 aliphatic rings. The molecule has 3 rings (SSSR count). The maximum Gasteiger partial charge on any atom is 0.280 e. The number of anilines is 1. The minimum atomic E-state index is -0.101. The maximum absolute atomic E-state index is 13.1. The fraction of sp³-hybridized carbons (Fsp3) is 0.389. The molecular formula is C18H24ClN5OS. The molecule has 0 spiro atoms. The van der Waals surface area contributed by atoms with E-state index in [0.29, 0.717) is 12.2 Å². The molecule has 2 heterocycles. The van der Waals surface area contributed by atoms with Crippen LogP contribution >= 0.6 is 23.7 Å². The number of hydrogen-bond acceptors (Lipinski definition) is 5. The fourth-order valence-corrected chi connectivity index (χ4v) is 3.62. The van der Waals surface area contributed by atoms with Gasteiger partial charge in [-0.3, -0.25) is 14.4 Å². The Morgan fingerprint density at radius 2 is 1.96 bits per heavy atom. The predicted octanol–water partition coefficient (Wildman–Crippen LogP) is 3.45. The highest BCUT2D eigenvalue weighted by molar-refractivity contribution is 7.22. The Bertz CT molecular complexity index is 856. The van der Waals surface area contributed by atoms with Gasteiger partial charge in [-0.1, -0.05) is 23.5 Å². The van der Waals surface area contributed by atoms with Crippen LogP contribution in [-0.4, -0.2) is 52.8 Å². The van der Waals surface area contributed by atoms with Gasteiger partial charge in [0.1, 0.15) is 0 Å². The van der Waals surface area contributed by atoms with Crippen molar-refractivity contribution in [1.29, 1.82) is 0 Å². The lowest BCUT2D eigenvalue weighted by molar-refractivity contribution is 0.0979. The van der Waals surface area contributed by atoms with Crippen LogP contribution in [0.5, 0.6) is 0 Å². The van der Waals surface area contributed by atoms with Crippen LogP contribution in [0.2, 0.25) is 0 Å². The summed E-state index contributed by atoms with van der Waals surface area (Å²) in [5.74, 6) is -0.101. The minimum absolute atomic E-state index is 0. The molecule has 140 valence electrons. The third-order valence-electron chi connectivity index (χ3n) is 4.03. The molecular weight excluding hydrogens is 370 g/mol. The number of halogens is 1. The highest BCUT2D eigenvalue weighted by Gasteiger charge is 2.24. The van der Waals surface area contributed by atoms with Gasteiger partial charge in [0.05, 0.1) is 10.2 Å². The number of rotatable bonds is 6. The predicted molar refractivity (Wildman–Crippen MR) is 110 cm³/mol. The van der Waals surface area contributed by atoms with E-state index in [1.54, 1.807) is 4.90 Å². The smallest absolute Gasteiger partial charge is 0.280 e. The molecule has 0 aliphatic carbocycles. The van der Waals surface area contributed by atoms with Gasteiger partial charge in [-0.05, 0) is 46.1 Å². The molecule has 0 bridgehead atoms. The van der Waals surface area contributed by atoms with E-state index in [-0.39, 0.29) is 18.3 Å². The maximum atomic E-state index is 13.1. The van der Waals surface area contributed by atoms with Gasteiger partial charge in [-0.2, -0.15) is 5.10 Å². The molecule has 0 aliphatic heterocycles. The third kappa shape index (κ3) is 4.23. The Balaban J connectivity index is 0.00000243. The second-order valence-electron chi connectivity index (χ2n) is 6.21. The van der Waals surface area contributed by atoms with Crippen LogP contribution in [0.3, 0.4) is 0 Å². The van der Waals surface area contributed by atoms with E-state index in [0.717, 1.165) is 34.1 Å². The van der Waals surface area contributed by atoms with E-state index >= 15 is 0 Å². The van der Waals surface area contributed by atoms with Crippen molar-refractivity contribution in [2.24, 2.45) is 0 Å². The fourth-order valence-electron chi connectivity index (χ4n) is 2.63. The number of benzene rings is 1. The van der Waals surface area contributed by atoms with E-state index in [2.05, 4.69) is 15.0 Å². The summed E-state index contributed by atoms with van der Waals surface area (Å²) in [7, 11) is 3.99. The van der Waals surface area contributed by atoms with Crippen LogP contribution in [-0.2, 0) is 6.54 Å². The van der Waals surface area contributed by atoms with Gasteiger partial charge >= 0.3 is 0 Å². The molecule has 0 N–H and O–H groups in total. The Morgan fingerprint density at radius 1 is 1.23 bits per heavy atom. The van der Waals surface area contributed by atoms with Crippen molar-refractivity contribution >= 4 is 45.0 Å². The Kier molecular flexibility index (Phi) is 6.75. The zero-order valence-corrected chi connectivity index (χ0v) is 17.1. The summed E-state index contributed by atoms with van der Waals surface area (Å²) in [4.78, 5) is 21.6. The first-order chi connectivity index (χ1) is 12.0. The largest absolute Gasteiger partial charge is 0.308 e. The lowest BCUT2D eigenvalue weighted by atomic mass is 10.3. The van der Waals surface area contributed by atoms with Crippen molar-refractivity contribution in [2.45, 2.75) is 20.4 Å². The molecule has 0 atom stereocenters. The topological polar surface area (TPSA) is 54.3 Å². The van der Waals surface area contributed by atoms with Crippen molar-refractivity contribution < 1.29 is 4.79 Å². The molecule has 0 saturated heterocycles. The number of thiazole rings is 1. The molecule has 26 heavy (non-hydrogen) atoms. The summed E-state index contributed by atoms with van der Waals surface area (Å²) in [5.41, 5.74) is 2.38. The molecule has 1 aromatic carbocycles. The summed E-state index contributed by atoms with van der Waals surface area (Å²) in [6.45, 7) is 6.07. The summed E-state index contributed by atoms with van der Waals surface area (Å²) in [6, 6.07) is 9.80. The molecule has 1 amide bonds. The second kappa shape index (κ2) is 8.62. The van der Waals surface area contributed by atoms with E-state index < -0.39 is 0 Å². The van der Waals surface area contributed by atoms with Gasteiger partial charge in [0.2, 0.25) is 0 Å². The van der Waals surface area contributed by atoms with E-state index in [1.807, 2.05) is 63.0 Å². The Labute approximate surface area is 163 Å². The number of carbonyl (C=O) groups is 1.